The van der Waals surface area contributed by atoms with Crippen LogP contribution in [-0.4, -0.2) is 21.7 Å². The molecule has 0 unspecified atom stereocenters. The van der Waals surface area contributed by atoms with Gasteiger partial charge in [0.05, 0.1) is 16.6 Å². The minimum atomic E-state index is -0.327. The summed E-state index contributed by atoms with van der Waals surface area (Å²) in [5.74, 6) is 0.442. The predicted octanol–water partition coefficient (Wildman–Crippen LogP) is 2.94. The van der Waals surface area contributed by atoms with Gasteiger partial charge in [0.15, 0.2) is 0 Å². The molecule has 3 N–H and O–H groups in total. The van der Waals surface area contributed by atoms with Crippen LogP contribution in [0, 0.1) is 17.7 Å². The molecule has 0 aliphatic carbocycles. The standard InChI is InChI=1S/C16H22FN3O/c1-3-10(2)11(9-21)7-8-14-15-12(17)5-4-6-13(15)19-16(18)20-14/h4-6,10-11,21H,3,7-9H2,1-2H3,(H2,18,19,20)/t10-,11-/m0/s1. The summed E-state index contributed by atoms with van der Waals surface area (Å²) in [6, 6.07) is 4.76. The zero-order valence-corrected chi connectivity index (χ0v) is 12.5. The first-order valence-corrected chi connectivity index (χ1v) is 7.38. The largest absolute Gasteiger partial charge is 0.396 e. The number of nitrogens with zero attached hydrogens (tertiary/aromatic N) is 2. The van der Waals surface area contributed by atoms with Crippen LogP contribution in [0.4, 0.5) is 10.3 Å². The molecule has 1 heterocycles. The fourth-order valence-electron chi connectivity index (χ4n) is 2.63. The summed E-state index contributed by atoms with van der Waals surface area (Å²) in [7, 11) is 0. The van der Waals surface area contributed by atoms with Gasteiger partial charge in [0.2, 0.25) is 5.95 Å². The molecular weight excluding hydrogens is 269 g/mol. The van der Waals surface area contributed by atoms with E-state index in [2.05, 4.69) is 23.8 Å². The van der Waals surface area contributed by atoms with Crippen molar-refractivity contribution in [3.8, 4) is 0 Å². The Morgan fingerprint density at radius 3 is 2.76 bits per heavy atom. The number of aliphatic hydroxyl groups excluding tert-OH is 1. The number of hydrogen-bond acceptors (Lipinski definition) is 4. The number of aliphatic hydroxyl groups is 1. The average Bonchev–Trinajstić information content (AvgIpc) is 2.47. The maximum absolute atomic E-state index is 14.0. The van der Waals surface area contributed by atoms with Crippen LogP contribution in [0.25, 0.3) is 10.9 Å². The van der Waals surface area contributed by atoms with E-state index in [9.17, 15) is 9.50 Å². The molecule has 0 spiro atoms. The molecule has 2 atom stereocenters. The molecule has 0 saturated carbocycles. The summed E-state index contributed by atoms with van der Waals surface area (Å²) in [6.45, 7) is 4.36. The fraction of sp³-hybridized carbons (Fsp3) is 0.500. The molecule has 114 valence electrons. The van der Waals surface area contributed by atoms with Crippen LogP contribution in [0.2, 0.25) is 0 Å². The Hall–Kier alpha value is -1.75. The Morgan fingerprint density at radius 2 is 2.10 bits per heavy atom. The van der Waals surface area contributed by atoms with Gasteiger partial charge in [0, 0.05) is 6.61 Å². The van der Waals surface area contributed by atoms with E-state index < -0.39 is 0 Å². The van der Waals surface area contributed by atoms with E-state index in [1.807, 2.05) is 0 Å². The van der Waals surface area contributed by atoms with Gasteiger partial charge in [0.25, 0.3) is 0 Å². The highest BCUT2D eigenvalue weighted by molar-refractivity contribution is 5.82. The molecule has 4 nitrogen and oxygen atoms in total. The minimum absolute atomic E-state index is 0.135. The molecule has 21 heavy (non-hydrogen) atoms. The van der Waals surface area contributed by atoms with Crippen molar-refractivity contribution in [2.45, 2.75) is 33.1 Å². The van der Waals surface area contributed by atoms with Crippen LogP contribution < -0.4 is 5.73 Å². The number of nitrogens with two attached hydrogens (primary N) is 1. The summed E-state index contributed by atoms with van der Waals surface area (Å²) in [5, 5.41) is 9.93. The molecule has 2 aromatic rings. The van der Waals surface area contributed by atoms with Crippen LogP contribution in [0.3, 0.4) is 0 Å². The Morgan fingerprint density at radius 1 is 1.33 bits per heavy atom. The van der Waals surface area contributed by atoms with Crippen molar-refractivity contribution < 1.29 is 9.50 Å². The van der Waals surface area contributed by atoms with Crippen LogP contribution in [0.1, 0.15) is 32.4 Å². The smallest absolute Gasteiger partial charge is 0.220 e. The Bertz CT molecular complexity index is 618. The second kappa shape index (κ2) is 6.80. The molecule has 0 aliphatic rings. The van der Waals surface area contributed by atoms with E-state index in [-0.39, 0.29) is 24.3 Å². The molecule has 2 rings (SSSR count). The summed E-state index contributed by atoms with van der Waals surface area (Å²) in [4.78, 5) is 8.27. The number of anilines is 1. The topological polar surface area (TPSA) is 72.0 Å². The zero-order chi connectivity index (χ0) is 15.4. The van der Waals surface area contributed by atoms with E-state index >= 15 is 0 Å². The van der Waals surface area contributed by atoms with Gasteiger partial charge in [-0.05, 0) is 36.8 Å². The van der Waals surface area contributed by atoms with Crippen LogP contribution >= 0.6 is 0 Å². The maximum Gasteiger partial charge on any atom is 0.220 e. The molecule has 5 heteroatoms. The van der Waals surface area contributed by atoms with Gasteiger partial charge in [-0.15, -0.1) is 0 Å². The van der Waals surface area contributed by atoms with E-state index in [4.69, 9.17) is 5.73 Å². The van der Waals surface area contributed by atoms with Gasteiger partial charge in [0.1, 0.15) is 5.82 Å². The molecule has 1 aromatic heterocycles. The van der Waals surface area contributed by atoms with Crippen LogP contribution in [0.15, 0.2) is 18.2 Å². The van der Waals surface area contributed by atoms with Crippen molar-refractivity contribution in [1.82, 2.24) is 9.97 Å². The lowest BCUT2D eigenvalue weighted by Gasteiger charge is -2.20. The third-order valence-electron chi connectivity index (χ3n) is 4.20. The minimum Gasteiger partial charge on any atom is -0.396 e. The first-order chi connectivity index (χ1) is 10.1. The van der Waals surface area contributed by atoms with Crippen molar-refractivity contribution in [3.63, 3.8) is 0 Å². The number of rotatable bonds is 6. The van der Waals surface area contributed by atoms with E-state index in [1.165, 1.54) is 6.07 Å². The van der Waals surface area contributed by atoms with E-state index in [0.717, 1.165) is 12.8 Å². The Balaban J connectivity index is 2.29. The van der Waals surface area contributed by atoms with E-state index in [1.54, 1.807) is 12.1 Å². The number of aromatic nitrogens is 2. The maximum atomic E-state index is 14.0. The number of nitrogen functional groups attached to an aromatic ring is 1. The number of hydrogen-bond donors (Lipinski definition) is 2. The monoisotopic (exact) mass is 291 g/mol. The molecule has 0 bridgehead atoms. The fourth-order valence-corrected chi connectivity index (χ4v) is 2.63. The number of fused-ring (bicyclic) bond motifs is 1. The quantitative estimate of drug-likeness (QED) is 0.858. The first-order valence-electron chi connectivity index (χ1n) is 7.38. The molecule has 0 aliphatic heterocycles. The number of aryl methyl sites for hydroxylation is 1. The first kappa shape index (κ1) is 15.6. The predicted molar refractivity (Wildman–Crippen MR) is 82.3 cm³/mol. The second-order valence-corrected chi connectivity index (χ2v) is 5.53. The number of halogens is 1. The Kier molecular flexibility index (Phi) is 5.07. The van der Waals surface area contributed by atoms with Crippen LogP contribution in [0.5, 0.6) is 0 Å². The molecule has 1 aromatic carbocycles. The normalized spacial score (nSPS) is 14.3. The molecular formula is C16H22FN3O. The van der Waals surface area contributed by atoms with E-state index in [0.29, 0.717) is 28.9 Å². The molecule has 0 fully saturated rings. The van der Waals surface area contributed by atoms with Gasteiger partial charge < -0.3 is 10.8 Å². The van der Waals surface area contributed by atoms with Crippen molar-refractivity contribution in [3.05, 3.63) is 29.7 Å². The SMILES string of the molecule is CC[C@H](C)[C@H](CO)CCc1nc(N)nc2cccc(F)c12. The summed E-state index contributed by atoms with van der Waals surface area (Å²) < 4.78 is 14.0. The second-order valence-electron chi connectivity index (χ2n) is 5.53. The number of benzene rings is 1. The summed E-state index contributed by atoms with van der Waals surface area (Å²) in [6.07, 6.45) is 2.34. The van der Waals surface area contributed by atoms with Crippen molar-refractivity contribution in [1.29, 1.82) is 0 Å². The molecule has 0 radical (unpaired) electrons. The van der Waals surface area contributed by atoms with Crippen LogP contribution in [-0.2, 0) is 6.42 Å². The summed E-state index contributed by atoms with van der Waals surface area (Å²) in [5.41, 5.74) is 6.86. The van der Waals surface area contributed by atoms with Crippen molar-refractivity contribution in [2.24, 2.45) is 11.8 Å². The van der Waals surface area contributed by atoms with Crippen molar-refractivity contribution >= 4 is 16.9 Å². The van der Waals surface area contributed by atoms with Gasteiger partial charge >= 0.3 is 0 Å². The average molecular weight is 291 g/mol. The molecule has 0 saturated heterocycles. The third kappa shape index (κ3) is 3.47. The van der Waals surface area contributed by atoms with Crippen molar-refractivity contribution in [2.75, 3.05) is 12.3 Å². The summed E-state index contributed by atoms with van der Waals surface area (Å²) >= 11 is 0. The highest BCUT2D eigenvalue weighted by atomic mass is 19.1. The lowest BCUT2D eigenvalue weighted by molar-refractivity contribution is 0.171. The lowest BCUT2D eigenvalue weighted by atomic mass is 9.88. The van der Waals surface area contributed by atoms with Gasteiger partial charge in [-0.1, -0.05) is 26.3 Å². The Labute approximate surface area is 124 Å². The lowest BCUT2D eigenvalue weighted by Crippen LogP contribution is -2.17. The molecule has 0 amide bonds. The zero-order valence-electron chi connectivity index (χ0n) is 12.5. The van der Waals surface area contributed by atoms with Gasteiger partial charge in [-0.2, -0.15) is 0 Å². The highest BCUT2D eigenvalue weighted by Crippen LogP contribution is 2.25. The van der Waals surface area contributed by atoms with Gasteiger partial charge in [-0.25, -0.2) is 14.4 Å². The highest BCUT2D eigenvalue weighted by Gasteiger charge is 2.17. The third-order valence-corrected chi connectivity index (χ3v) is 4.20. The van der Waals surface area contributed by atoms with Gasteiger partial charge in [-0.3, -0.25) is 0 Å².